The van der Waals surface area contributed by atoms with Crippen LogP contribution in [0.5, 0.6) is 5.75 Å². The molecule has 0 aliphatic rings. The predicted octanol–water partition coefficient (Wildman–Crippen LogP) is 1.11. The van der Waals surface area contributed by atoms with Gasteiger partial charge in [0.15, 0.2) is 0 Å². The lowest BCUT2D eigenvalue weighted by atomic mass is 10.1. The van der Waals surface area contributed by atoms with Gasteiger partial charge in [0, 0.05) is 5.56 Å². The average Bonchev–Trinajstić information content (AvgIpc) is 2.16. The molecule has 4 heteroatoms. The molecule has 0 aromatic heterocycles. The lowest BCUT2D eigenvalue weighted by Gasteiger charge is -2.12. The molecule has 3 nitrogen and oxygen atoms in total. The molecule has 1 aromatic carbocycles. The number of para-hydroxylation sites is 1. The van der Waals surface area contributed by atoms with E-state index < -0.39 is 0 Å². The van der Waals surface area contributed by atoms with Crippen LogP contribution in [0, 0.1) is 0 Å². The number of aliphatic hydroxyl groups excluding tert-OH is 1. The Morgan fingerprint density at radius 3 is 2.62 bits per heavy atom. The van der Waals surface area contributed by atoms with Gasteiger partial charge in [-0.1, -0.05) is 18.2 Å². The molecule has 0 unspecified atom stereocenters. The van der Waals surface area contributed by atoms with Crippen LogP contribution in [0.1, 0.15) is 11.6 Å². The Balaban J connectivity index is 0.00000144. The Bertz CT molecular complexity index is 255. The third-order valence-corrected chi connectivity index (χ3v) is 1.74. The summed E-state index contributed by atoms with van der Waals surface area (Å²) >= 11 is 0. The number of rotatable bonds is 3. The van der Waals surface area contributed by atoms with E-state index in [0.29, 0.717) is 0 Å². The average molecular weight is 204 g/mol. The van der Waals surface area contributed by atoms with E-state index in [2.05, 4.69) is 0 Å². The smallest absolute Gasteiger partial charge is 0.123 e. The Labute approximate surface area is 83.9 Å². The fraction of sp³-hybridized carbons (Fsp3) is 0.333. The van der Waals surface area contributed by atoms with Crippen molar-refractivity contribution >= 4 is 12.4 Å². The molecule has 1 atom stereocenters. The van der Waals surface area contributed by atoms with Crippen LogP contribution in [0.2, 0.25) is 0 Å². The zero-order valence-corrected chi connectivity index (χ0v) is 8.25. The minimum Gasteiger partial charge on any atom is -0.496 e. The molecule has 0 aliphatic heterocycles. The van der Waals surface area contributed by atoms with Crippen molar-refractivity contribution in [3.8, 4) is 5.75 Å². The van der Waals surface area contributed by atoms with Gasteiger partial charge in [-0.3, -0.25) is 0 Å². The van der Waals surface area contributed by atoms with Crippen molar-refractivity contribution in [2.75, 3.05) is 13.7 Å². The van der Waals surface area contributed by atoms with E-state index in [1.807, 2.05) is 24.3 Å². The van der Waals surface area contributed by atoms with Gasteiger partial charge in [-0.25, -0.2) is 0 Å². The van der Waals surface area contributed by atoms with Crippen molar-refractivity contribution in [2.24, 2.45) is 5.73 Å². The first-order valence-electron chi connectivity index (χ1n) is 3.79. The van der Waals surface area contributed by atoms with Crippen molar-refractivity contribution in [1.82, 2.24) is 0 Å². The summed E-state index contributed by atoms with van der Waals surface area (Å²) < 4.78 is 5.08. The minimum atomic E-state index is -0.360. The van der Waals surface area contributed by atoms with Crippen molar-refractivity contribution in [3.63, 3.8) is 0 Å². The largest absolute Gasteiger partial charge is 0.496 e. The van der Waals surface area contributed by atoms with Crippen LogP contribution < -0.4 is 10.5 Å². The molecule has 0 saturated carbocycles. The maximum atomic E-state index is 8.83. The Kier molecular flexibility index (Phi) is 5.46. The van der Waals surface area contributed by atoms with E-state index >= 15 is 0 Å². The van der Waals surface area contributed by atoms with Crippen molar-refractivity contribution in [3.05, 3.63) is 29.8 Å². The van der Waals surface area contributed by atoms with Crippen LogP contribution in [0.25, 0.3) is 0 Å². The summed E-state index contributed by atoms with van der Waals surface area (Å²) in [7, 11) is 1.59. The third-order valence-electron chi connectivity index (χ3n) is 1.74. The van der Waals surface area contributed by atoms with E-state index in [1.54, 1.807) is 7.11 Å². The highest BCUT2D eigenvalue weighted by molar-refractivity contribution is 5.85. The van der Waals surface area contributed by atoms with Crippen LogP contribution in [-0.2, 0) is 0 Å². The first kappa shape index (κ1) is 12.2. The van der Waals surface area contributed by atoms with Crippen molar-refractivity contribution < 1.29 is 9.84 Å². The molecule has 1 aromatic rings. The molecule has 1 rings (SSSR count). The topological polar surface area (TPSA) is 55.5 Å². The lowest BCUT2D eigenvalue weighted by Crippen LogP contribution is -2.15. The van der Waals surface area contributed by atoms with E-state index in [4.69, 9.17) is 15.6 Å². The maximum Gasteiger partial charge on any atom is 0.123 e. The molecule has 0 spiro atoms. The Morgan fingerprint density at radius 2 is 2.08 bits per heavy atom. The van der Waals surface area contributed by atoms with Crippen LogP contribution in [-0.4, -0.2) is 18.8 Å². The lowest BCUT2D eigenvalue weighted by molar-refractivity contribution is 0.264. The summed E-state index contributed by atoms with van der Waals surface area (Å²) in [5.74, 6) is 0.721. The fourth-order valence-electron chi connectivity index (χ4n) is 1.07. The van der Waals surface area contributed by atoms with Crippen molar-refractivity contribution in [1.29, 1.82) is 0 Å². The normalized spacial score (nSPS) is 11.6. The van der Waals surface area contributed by atoms with E-state index in [1.165, 1.54) is 0 Å². The molecule has 0 aliphatic carbocycles. The summed E-state index contributed by atoms with van der Waals surface area (Å²) in [5, 5.41) is 8.83. The Hall–Kier alpha value is -0.770. The van der Waals surface area contributed by atoms with Gasteiger partial charge in [0.2, 0.25) is 0 Å². The summed E-state index contributed by atoms with van der Waals surface area (Å²) in [4.78, 5) is 0. The zero-order valence-electron chi connectivity index (χ0n) is 7.43. The second kappa shape index (κ2) is 5.80. The molecule has 0 fully saturated rings. The molecular weight excluding hydrogens is 190 g/mol. The number of ether oxygens (including phenoxy) is 1. The van der Waals surface area contributed by atoms with Crippen LogP contribution in [0.4, 0.5) is 0 Å². The monoisotopic (exact) mass is 203 g/mol. The number of halogens is 1. The highest BCUT2D eigenvalue weighted by Gasteiger charge is 2.08. The van der Waals surface area contributed by atoms with Gasteiger partial charge in [0.1, 0.15) is 5.75 Å². The zero-order chi connectivity index (χ0) is 8.97. The predicted molar refractivity (Wildman–Crippen MR) is 54.3 cm³/mol. The molecule has 0 radical (unpaired) electrons. The van der Waals surface area contributed by atoms with E-state index in [0.717, 1.165) is 11.3 Å². The van der Waals surface area contributed by atoms with Gasteiger partial charge in [0.25, 0.3) is 0 Å². The minimum absolute atomic E-state index is 0. The van der Waals surface area contributed by atoms with E-state index in [-0.39, 0.29) is 25.1 Å². The standard InChI is InChI=1S/C9H13NO2.ClH/c1-12-9-5-3-2-4-7(9)8(10)6-11;/h2-5,8,11H,6,10H2,1H3;1H/t8-;/m1./s1. The number of hydrogen-bond acceptors (Lipinski definition) is 3. The third kappa shape index (κ3) is 2.88. The summed E-state index contributed by atoms with van der Waals surface area (Å²) in [6.07, 6.45) is 0. The SMILES string of the molecule is COc1ccccc1[C@H](N)CO.Cl. The van der Waals surface area contributed by atoms with Crippen LogP contribution >= 0.6 is 12.4 Å². The molecule has 0 amide bonds. The summed E-state index contributed by atoms with van der Waals surface area (Å²) in [5.41, 5.74) is 6.48. The van der Waals surface area contributed by atoms with Gasteiger partial charge in [-0.05, 0) is 6.07 Å². The second-order valence-electron chi connectivity index (χ2n) is 2.53. The molecule has 13 heavy (non-hydrogen) atoms. The van der Waals surface area contributed by atoms with Gasteiger partial charge >= 0.3 is 0 Å². The van der Waals surface area contributed by atoms with Crippen LogP contribution in [0.15, 0.2) is 24.3 Å². The Morgan fingerprint density at radius 1 is 1.46 bits per heavy atom. The van der Waals surface area contributed by atoms with Gasteiger partial charge in [0.05, 0.1) is 19.8 Å². The summed E-state index contributed by atoms with van der Waals surface area (Å²) in [6.45, 7) is -0.0691. The number of methoxy groups -OCH3 is 1. The highest BCUT2D eigenvalue weighted by atomic mass is 35.5. The number of benzene rings is 1. The fourth-order valence-corrected chi connectivity index (χ4v) is 1.07. The molecule has 3 N–H and O–H groups in total. The molecule has 74 valence electrons. The highest BCUT2D eigenvalue weighted by Crippen LogP contribution is 2.22. The number of hydrogen-bond donors (Lipinski definition) is 2. The van der Waals surface area contributed by atoms with Gasteiger partial charge in [-0.2, -0.15) is 0 Å². The summed E-state index contributed by atoms with van der Waals surface area (Å²) in [6, 6.07) is 7.05. The quantitative estimate of drug-likeness (QED) is 0.774. The van der Waals surface area contributed by atoms with Gasteiger partial charge < -0.3 is 15.6 Å². The number of nitrogens with two attached hydrogens (primary N) is 1. The molecule has 0 bridgehead atoms. The molecule has 0 heterocycles. The van der Waals surface area contributed by atoms with E-state index in [9.17, 15) is 0 Å². The van der Waals surface area contributed by atoms with Crippen molar-refractivity contribution in [2.45, 2.75) is 6.04 Å². The van der Waals surface area contributed by atoms with Crippen LogP contribution in [0.3, 0.4) is 0 Å². The molecule has 0 saturated heterocycles. The number of aliphatic hydroxyl groups is 1. The maximum absolute atomic E-state index is 8.83. The first-order chi connectivity index (χ1) is 5.79. The molecular formula is C9H14ClNO2. The first-order valence-corrected chi connectivity index (χ1v) is 3.79. The van der Waals surface area contributed by atoms with Gasteiger partial charge in [-0.15, -0.1) is 12.4 Å². The second-order valence-corrected chi connectivity index (χ2v) is 2.53.